The van der Waals surface area contributed by atoms with Gasteiger partial charge in [-0.3, -0.25) is 0 Å². The lowest BCUT2D eigenvalue weighted by molar-refractivity contribution is 0.532. The standard InChI is InChI=1S/C9H11O/c1-2-9(10-7-1)6-5-8-3-4-8/h1-2,6-8H,3-5H2. The fraction of sp³-hybridized carbons (Fsp3) is 0.444. The Bertz CT molecular complexity index is 185. The predicted molar refractivity (Wildman–Crippen MR) is 39.5 cm³/mol. The summed E-state index contributed by atoms with van der Waals surface area (Å²) in [5.74, 6) is 1.98. The van der Waals surface area contributed by atoms with Crippen molar-refractivity contribution in [1.82, 2.24) is 0 Å². The molecule has 0 aromatic carbocycles. The maximum Gasteiger partial charge on any atom is 0.107 e. The highest BCUT2D eigenvalue weighted by molar-refractivity contribution is 5.09. The van der Waals surface area contributed by atoms with E-state index in [-0.39, 0.29) is 0 Å². The first kappa shape index (κ1) is 6.02. The normalized spacial score (nSPS) is 17.6. The van der Waals surface area contributed by atoms with Crippen LogP contribution in [0.2, 0.25) is 0 Å². The minimum absolute atomic E-state index is 0.963. The minimum atomic E-state index is 0.963. The summed E-state index contributed by atoms with van der Waals surface area (Å²) in [6, 6.07) is 3.93. The van der Waals surface area contributed by atoms with E-state index < -0.39 is 0 Å². The second-order valence-electron chi connectivity index (χ2n) is 2.90. The average Bonchev–Trinajstić information content (AvgIpc) is 2.63. The second-order valence-corrected chi connectivity index (χ2v) is 2.90. The molecule has 1 saturated carbocycles. The zero-order valence-corrected chi connectivity index (χ0v) is 5.92. The average molecular weight is 135 g/mol. The number of hydrogen-bond acceptors (Lipinski definition) is 1. The second kappa shape index (κ2) is 2.49. The lowest BCUT2D eigenvalue weighted by Crippen LogP contribution is -1.78. The van der Waals surface area contributed by atoms with Gasteiger partial charge in [0.25, 0.3) is 0 Å². The van der Waals surface area contributed by atoms with Crippen LogP contribution in [0, 0.1) is 12.3 Å². The molecule has 1 radical (unpaired) electrons. The van der Waals surface area contributed by atoms with Crippen molar-refractivity contribution in [3.05, 3.63) is 30.6 Å². The molecule has 2 rings (SSSR count). The van der Waals surface area contributed by atoms with Gasteiger partial charge in [0, 0.05) is 6.42 Å². The molecule has 0 unspecified atom stereocenters. The molecule has 0 amide bonds. The van der Waals surface area contributed by atoms with Crippen molar-refractivity contribution in [2.45, 2.75) is 19.3 Å². The Kier molecular flexibility index (Phi) is 1.50. The lowest BCUT2D eigenvalue weighted by atomic mass is 10.2. The third-order valence-electron chi connectivity index (χ3n) is 1.89. The van der Waals surface area contributed by atoms with Crippen molar-refractivity contribution in [2.75, 3.05) is 0 Å². The summed E-state index contributed by atoms with van der Waals surface area (Å²) in [7, 11) is 0. The molecule has 0 bridgehead atoms. The Morgan fingerprint density at radius 3 is 3.10 bits per heavy atom. The number of hydrogen-bond donors (Lipinski definition) is 0. The molecule has 10 heavy (non-hydrogen) atoms. The maximum atomic E-state index is 5.16. The van der Waals surface area contributed by atoms with Crippen molar-refractivity contribution >= 4 is 0 Å². The lowest BCUT2D eigenvalue weighted by Gasteiger charge is -1.91. The van der Waals surface area contributed by atoms with Crippen LogP contribution in [0.25, 0.3) is 0 Å². The minimum Gasteiger partial charge on any atom is -0.469 e. The van der Waals surface area contributed by atoms with Crippen LogP contribution in [-0.2, 0) is 0 Å². The first-order valence-corrected chi connectivity index (χ1v) is 3.82. The van der Waals surface area contributed by atoms with Gasteiger partial charge in [-0.1, -0.05) is 12.8 Å². The highest BCUT2D eigenvalue weighted by Crippen LogP contribution is 2.34. The summed E-state index contributed by atoms with van der Waals surface area (Å²) in [4.78, 5) is 0. The molecule has 0 atom stereocenters. The fourth-order valence-electron chi connectivity index (χ4n) is 1.04. The van der Waals surface area contributed by atoms with Crippen molar-refractivity contribution in [1.29, 1.82) is 0 Å². The molecule has 1 heterocycles. The molecule has 1 nitrogen and oxygen atoms in total. The molecule has 1 aromatic heterocycles. The summed E-state index contributed by atoms with van der Waals surface area (Å²) < 4.78 is 5.16. The zero-order chi connectivity index (χ0) is 6.81. The SMILES string of the molecule is [CH](CC1CC1)c1ccco1. The zero-order valence-electron chi connectivity index (χ0n) is 5.92. The van der Waals surface area contributed by atoms with Crippen molar-refractivity contribution in [3.8, 4) is 0 Å². The van der Waals surface area contributed by atoms with Gasteiger partial charge < -0.3 is 4.42 Å². The topological polar surface area (TPSA) is 13.1 Å². The summed E-state index contributed by atoms with van der Waals surface area (Å²) in [6.07, 6.45) is 7.93. The van der Waals surface area contributed by atoms with Crippen LogP contribution in [0.15, 0.2) is 22.8 Å². The van der Waals surface area contributed by atoms with Gasteiger partial charge in [-0.05, 0) is 24.5 Å². The van der Waals surface area contributed by atoms with Gasteiger partial charge in [0.1, 0.15) is 5.76 Å². The van der Waals surface area contributed by atoms with Crippen molar-refractivity contribution in [3.63, 3.8) is 0 Å². The molecule has 1 aliphatic carbocycles. The van der Waals surface area contributed by atoms with Gasteiger partial charge in [0.2, 0.25) is 0 Å². The molecule has 1 aromatic rings. The largest absolute Gasteiger partial charge is 0.469 e. The van der Waals surface area contributed by atoms with Crippen LogP contribution in [-0.4, -0.2) is 0 Å². The molecular formula is C9H11O. The number of rotatable bonds is 3. The van der Waals surface area contributed by atoms with Crippen LogP contribution in [0.1, 0.15) is 25.0 Å². The van der Waals surface area contributed by atoms with E-state index in [9.17, 15) is 0 Å². The highest BCUT2D eigenvalue weighted by atomic mass is 16.3. The summed E-state index contributed by atoms with van der Waals surface area (Å²) in [6.45, 7) is 0. The van der Waals surface area contributed by atoms with Gasteiger partial charge in [0.05, 0.1) is 6.26 Å². The van der Waals surface area contributed by atoms with E-state index in [1.807, 2.05) is 12.1 Å². The van der Waals surface area contributed by atoms with Crippen LogP contribution in [0.4, 0.5) is 0 Å². The molecule has 1 aliphatic rings. The Balaban J connectivity index is 1.79. The number of furan rings is 1. The van der Waals surface area contributed by atoms with E-state index >= 15 is 0 Å². The van der Waals surface area contributed by atoms with Gasteiger partial charge in [-0.25, -0.2) is 0 Å². The molecule has 0 saturated heterocycles. The van der Waals surface area contributed by atoms with Crippen LogP contribution < -0.4 is 0 Å². The van der Waals surface area contributed by atoms with Crippen LogP contribution in [0.5, 0.6) is 0 Å². The molecule has 0 aliphatic heterocycles. The van der Waals surface area contributed by atoms with E-state index in [0.29, 0.717) is 0 Å². The van der Waals surface area contributed by atoms with Crippen LogP contribution >= 0.6 is 0 Å². The monoisotopic (exact) mass is 135 g/mol. The molecule has 1 heteroatoms. The van der Waals surface area contributed by atoms with E-state index in [4.69, 9.17) is 4.42 Å². The van der Waals surface area contributed by atoms with Crippen LogP contribution in [0.3, 0.4) is 0 Å². The summed E-state index contributed by atoms with van der Waals surface area (Å²) >= 11 is 0. The van der Waals surface area contributed by atoms with E-state index in [0.717, 1.165) is 11.7 Å². The Morgan fingerprint density at radius 1 is 1.60 bits per heavy atom. The summed E-state index contributed by atoms with van der Waals surface area (Å²) in [5.41, 5.74) is 0. The quantitative estimate of drug-likeness (QED) is 0.621. The smallest absolute Gasteiger partial charge is 0.107 e. The Hall–Kier alpha value is -0.720. The third kappa shape index (κ3) is 1.41. The molecule has 53 valence electrons. The Morgan fingerprint density at radius 2 is 2.50 bits per heavy atom. The third-order valence-corrected chi connectivity index (χ3v) is 1.89. The van der Waals surface area contributed by atoms with Gasteiger partial charge in [-0.15, -0.1) is 0 Å². The summed E-state index contributed by atoms with van der Waals surface area (Å²) in [5, 5.41) is 0. The fourth-order valence-corrected chi connectivity index (χ4v) is 1.04. The van der Waals surface area contributed by atoms with Gasteiger partial charge >= 0.3 is 0 Å². The molecular weight excluding hydrogens is 124 g/mol. The maximum absolute atomic E-state index is 5.16. The molecule has 0 N–H and O–H groups in total. The highest BCUT2D eigenvalue weighted by Gasteiger charge is 2.20. The first-order chi connectivity index (χ1) is 4.95. The Labute approximate surface area is 61.0 Å². The van der Waals surface area contributed by atoms with Gasteiger partial charge in [-0.2, -0.15) is 0 Å². The van der Waals surface area contributed by atoms with Crippen molar-refractivity contribution < 1.29 is 4.42 Å². The van der Waals surface area contributed by atoms with E-state index in [1.54, 1.807) is 6.26 Å². The van der Waals surface area contributed by atoms with Gasteiger partial charge in [0.15, 0.2) is 0 Å². The molecule has 1 fully saturated rings. The van der Waals surface area contributed by atoms with E-state index in [1.165, 1.54) is 19.3 Å². The van der Waals surface area contributed by atoms with E-state index in [2.05, 4.69) is 6.42 Å². The molecule has 0 spiro atoms. The predicted octanol–water partition coefficient (Wildman–Crippen LogP) is 2.63. The van der Waals surface area contributed by atoms with Crippen molar-refractivity contribution in [2.24, 2.45) is 5.92 Å². The first-order valence-electron chi connectivity index (χ1n) is 3.82.